The minimum Gasteiger partial charge on any atom is -0.391 e. The fraction of sp³-hybridized carbons (Fsp3) is 0.500. The molecule has 1 fully saturated rings. The number of nitrogens with zero attached hydrogens (tertiary/aromatic N) is 1. The van der Waals surface area contributed by atoms with Gasteiger partial charge in [0.2, 0.25) is 0 Å². The molecule has 1 aromatic carbocycles. The molecule has 0 saturated carbocycles. The number of likely N-dealkylation sites (tertiary alicyclic amines) is 1. The minimum absolute atomic E-state index is 0.00949. The molecule has 92 valence electrons. The highest BCUT2D eigenvalue weighted by molar-refractivity contribution is 5.95. The van der Waals surface area contributed by atoms with Crippen LogP contribution in [0.3, 0.4) is 0 Å². The molecule has 2 rings (SSSR count). The van der Waals surface area contributed by atoms with Gasteiger partial charge < -0.3 is 10.0 Å². The van der Waals surface area contributed by atoms with E-state index in [-0.39, 0.29) is 5.91 Å². The Balaban J connectivity index is 2.27. The number of hydrogen-bond acceptors (Lipinski definition) is 2. The van der Waals surface area contributed by atoms with Gasteiger partial charge >= 0.3 is 0 Å². The first-order valence-electron chi connectivity index (χ1n) is 5.99. The van der Waals surface area contributed by atoms with Gasteiger partial charge in [-0.3, -0.25) is 4.79 Å². The first-order valence-corrected chi connectivity index (χ1v) is 5.99. The van der Waals surface area contributed by atoms with Crippen LogP contribution in [-0.4, -0.2) is 34.1 Å². The van der Waals surface area contributed by atoms with E-state index >= 15 is 0 Å². The van der Waals surface area contributed by atoms with Gasteiger partial charge in [-0.1, -0.05) is 17.7 Å². The van der Waals surface area contributed by atoms with Gasteiger partial charge in [0.05, 0.1) is 11.6 Å². The Morgan fingerprint density at radius 1 is 1.47 bits per heavy atom. The van der Waals surface area contributed by atoms with Crippen molar-refractivity contribution in [3.05, 3.63) is 35.4 Å². The lowest BCUT2D eigenvalue weighted by atomic mass is 9.98. The van der Waals surface area contributed by atoms with Crippen molar-refractivity contribution in [1.82, 2.24) is 4.90 Å². The Hall–Kier alpha value is -1.35. The molecule has 1 aliphatic heterocycles. The number of carbonyl (C=O) groups excluding carboxylic acids is 1. The molecule has 0 aliphatic carbocycles. The number of aliphatic hydroxyl groups is 1. The van der Waals surface area contributed by atoms with E-state index in [0.717, 1.165) is 5.56 Å². The molecule has 0 aromatic heterocycles. The lowest BCUT2D eigenvalue weighted by molar-refractivity contribution is 0.0394. The first kappa shape index (κ1) is 12.1. The van der Waals surface area contributed by atoms with E-state index in [1.807, 2.05) is 45.0 Å². The zero-order chi connectivity index (χ0) is 12.6. The van der Waals surface area contributed by atoms with Crippen LogP contribution in [-0.2, 0) is 0 Å². The van der Waals surface area contributed by atoms with Crippen molar-refractivity contribution in [2.24, 2.45) is 0 Å². The van der Waals surface area contributed by atoms with Crippen LogP contribution in [0.4, 0.5) is 0 Å². The Kier molecular flexibility index (Phi) is 2.96. The maximum atomic E-state index is 12.4. The number of carbonyl (C=O) groups is 1. The monoisotopic (exact) mass is 233 g/mol. The summed E-state index contributed by atoms with van der Waals surface area (Å²) in [4.78, 5) is 14.1. The lowest BCUT2D eigenvalue weighted by Gasteiger charge is -2.33. The minimum atomic E-state index is -0.471. The van der Waals surface area contributed by atoms with E-state index in [4.69, 9.17) is 0 Å². The summed E-state index contributed by atoms with van der Waals surface area (Å²) in [6, 6.07) is 7.59. The van der Waals surface area contributed by atoms with Crippen LogP contribution < -0.4 is 0 Å². The average Bonchev–Trinajstić information content (AvgIpc) is 2.53. The Morgan fingerprint density at radius 3 is 2.71 bits per heavy atom. The van der Waals surface area contributed by atoms with Crippen LogP contribution in [0.2, 0.25) is 0 Å². The molecule has 1 amide bonds. The lowest BCUT2D eigenvalue weighted by Crippen LogP contribution is -2.48. The van der Waals surface area contributed by atoms with Crippen molar-refractivity contribution < 1.29 is 9.90 Å². The predicted octanol–water partition coefficient (Wildman–Crippen LogP) is 1.98. The van der Waals surface area contributed by atoms with Gasteiger partial charge in [0.25, 0.3) is 5.91 Å². The number of amides is 1. The third-order valence-corrected chi connectivity index (χ3v) is 3.65. The quantitative estimate of drug-likeness (QED) is 0.805. The highest BCUT2D eigenvalue weighted by atomic mass is 16.3. The second-order valence-corrected chi connectivity index (χ2v) is 5.28. The molecule has 0 radical (unpaired) electrons. The van der Waals surface area contributed by atoms with Crippen molar-refractivity contribution in [3.8, 4) is 0 Å². The summed E-state index contributed by atoms with van der Waals surface area (Å²) in [7, 11) is 0. The van der Waals surface area contributed by atoms with Gasteiger partial charge in [0, 0.05) is 12.1 Å². The van der Waals surface area contributed by atoms with E-state index in [1.54, 1.807) is 4.90 Å². The number of aryl methyl sites for hydroxylation is 1. The third-order valence-electron chi connectivity index (χ3n) is 3.65. The molecular weight excluding hydrogens is 214 g/mol. The smallest absolute Gasteiger partial charge is 0.254 e. The Labute approximate surface area is 102 Å². The maximum Gasteiger partial charge on any atom is 0.254 e. The summed E-state index contributed by atoms with van der Waals surface area (Å²) >= 11 is 0. The standard InChI is InChI=1S/C14H19NO2/c1-10-5-4-6-11(9-10)13(17)15-8-7-12(16)14(15,2)3/h4-6,9,12,16H,7-8H2,1-3H3. The second kappa shape index (κ2) is 4.15. The van der Waals surface area contributed by atoms with Gasteiger partial charge in [-0.05, 0) is 39.3 Å². The van der Waals surface area contributed by atoms with Gasteiger partial charge in [-0.25, -0.2) is 0 Å². The second-order valence-electron chi connectivity index (χ2n) is 5.28. The number of aliphatic hydroxyl groups excluding tert-OH is 1. The van der Waals surface area contributed by atoms with Crippen LogP contribution in [0, 0.1) is 6.92 Å². The summed E-state index contributed by atoms with van der Waals surface area (Å²) in [5.41, 5.74) is 1.31. The number of hydrogen-bond donors (Lipinski definition) is 1. The summed E-state index contributed by atoms with van der Waals surface area (Å²) in [5.74, 6) is 0.00949. The summed E-state index contributed by atoms with van der Waals surface area (Å²) < 4.78 is 0. The topological polar surface area (TPSA) is 40.5 Å². The summed E-state index contributed by atoms with van der Waals surface area (Å²) in [5, 5.41) is 9.88. The SMILES string of the molecule is Cc1cccc(C(=O)N2CCC(O)C2(C)C)c1. The molecule has 1 aliphatic rings. The van der Waals surface area contributed by atoms with Crippen molar-refractivity contribution in [1.29, 1.82) is 0 Å². The van der Waals surface area contributed by atoms with Crippen molar-refractivity contribution in [2.45, 2.75) is 38.8 Å². The number of benzene rings is 1. The van der Waals surface area contributed by atoms with Gasteiger partial charge in [-0.15, -0.1) is 0 Å². The molecule has 1 unspecified atom stereocenters. The molecule has 1 N–H and O–H groups in total. The molecule has 1 saturated heterocycles. The average molecular weight is 233 g/mol. The first-order chi connectivity index (χ1) is 7.93. The van der Waals surface area contributed by atoms with E-state index < -0.39 is 11.6 Å². The molecule has 1 atom stereocenters. The third kappa shape index (κ3) is 2.07. The maximum absolute atomic E-state index is 12.4. The van der Waals surface area contributed by atoms with Crippen LogP contribution in [0.5, 0.6) is 0 Å². The van der Waals surface area contributed by atoms with Crippen molar-refractivity contribution in [3.63, 3.8) is 0 Å². The predicted molar refractivity (Wildman–Crippen MR) is 66.9 cm³/mol. The number of rotatable bonds is 1. The Bertz CT molecular complexity index is 440. The highest BCUT2D eigenvalue weighted by Crippen LogP contribution is 2.30. The molecule has 0 spiro atoms. The van der Waals surface area contributed by atoms with Crippen LogP contribution in [0.25, 0.3) is 0 Å². The van der Waals surface area contributed by atoms with Crippen LogP contribution in [0.1, 0.15) is 36.2 Å². The van der Waals surface area contributed by atoms with Crippen LogP contribution in [0.15, 0.2) is 24.3 Å². The van der Waals surface area contributed by atoms with Gasteiger partial charge in [0.1, 0.15) is 0 Å². The molecule has 1 heterocycles. The Morgan fingerprint density at radius 2 is 2.18 bits per heavy atom. The summed E-state index contributed by atoms with van der Waals surface area (Å²) in [6.45, 7) is 6.43. The van der Waals surface area contributed by atoms with E-state index in [1.165, 1.54) is 0 Å². The summed E-state index contributed by atoms with van der Waals surface area (Å²) in [6.07, 6.45) is 0.223. The van der Waals surface area contributed by atoms with Gasteiger partial charge in [-0.2, -0.15) is 0 Å². The molecule has 3 nitrogen and oxygen atoms in total. The molecule has 3 heteroatoms. The molecule has 17 heavy (non-hydrogen) atoms. The normalized spacial score (nSPS) is 22.8. The molecule has 0 bridgehead atoms. The van der Waals surface area contributed by atoms with E-state index in [2.05, 4.69) is 0 Å². The van der Waals surface area contributed by atoms with Crippen LogP contribution >= 0.6 is 0 Å². The molecular formula is C14H19NO2. The fourth-order valence-corrected chi connectivity index (χ4v) is 2.37. The largest absolute Gasteiger partial charge is 0.391 e. The zero-order valence-electron chi connectivity index (χ0n) is 10.6. The van der Waals surface area contributed by atoms with Gasteiger partial charge in [0.15, 0.2) is 0 Å². The highest BCUT2D eigenvalue weighted by Gasteiger charge is 2.42. The fourth-order valence-electron chi connectivity index (χ4n) is 2.37. The molecule has 1 aromatic rings. The van der Waals surface area contributed by atoms with Crippen molar-refractivity contribution in [2.75, 3.05) is 6.54 Å². The zero-order valence-corrected chi connectivity index (χ0v) is 10.6. The van der Waals surface area contributed by atoms with E-state index in [9.17, 15) is 9.90 Å². The van der Waals surface area contributed by atoms with E-state index in [0.29, 0.717) is 18.5 Å². The van der Waals surface area contributed by atoms with Crippen molar-refractivity contribution >= 4 is 5.91 Å².